The van der Waals surface area contributed by atoms with Gasteiger partial charge in [0.2, 0.25) is 0 Å². The summed E-state index contributed by atoms with van der Waals surface area (Å²) >= 11 is 5.39. The van der Waals surface area contributed by atoms with Crippen molar-refractivity contribution in [2.75, 3.05) is 28.2 Å². The first-order valence-electron chi connectivity index (χ1n) is 8.70. The van der Waals surface area contributed by atoms with E-state index in [4.69, 9.17) is 12.2 Å². The Hall–Kier alpha value is -0.350. The molecule has 2 aliphatic rings. The molecule has 0 aromatic carbocycles. The summed E-state index contributed by atoms with van der Waals surface area (Å²) in [5, 5.41) is 7.87. The minimum absolute atomic E-state index is 0.636. The van der Waals surface area contributed by atoms with Gasteiger partial charge in [0, 0.05) is 12.1 Å². The summed E-state index contributed by atoms with van der Waals surface area (Å²) in [4.78, 5) is 0. The Morgan fingerprint density at radius 3 is 1.29 bits per heavy atom. The highest BCUT2D eigenvalue weighted by molar-refractivity contribution is 7.80. The zero-order chi connectivity index (χ0) is 15.7. The van der Waals surface area contributed by atoms with Gasteiger partial charge in [0.1, 0.15) is 0 Å². The molecule has 0 aromatic heterocycles. The van der Waals surface area contributed by atoms with Gasteiger partial charge in [-0.25, -0.2) is 0 Å². The topological polar surface area (TPSA) is 24.1 Å². The first-order valence-corrected chi connectivity index (χ1v) is 9.11. The van der Waals surface area contributed by atoms with Crippen LogP contribution in [0.25, 0.3) is 0 Å². The normalized spacial score (nSPS) is 21.1. The molecule has 4 heteroatoms. The van der Waals surface area contributed by atoms with E-state index in [1.54, 1.807) is 0 Å². The standard InChI is InChI=1S/C13H24N2S.C4H12N/c16-13(14-11-7-3-1-4-8-11)15-12-9-5-2-6-10-12;1-5(2,3)4/h11-12H,1-10H2,(H2,14,15,16);1-4H3/q;+1. The van der Waals surface area contributed by atoms with E-state index in [1.807, 2.05) is 0 Å². The van der Waals surface area contributed by atoms with Gasteiger partial charge >= 0.3 is 0 Å². The van der Waals surface area contributed by atoms with Gasteiger partial charge in [-0.05, 0) is 37.9 Å². The summed E-state index contributed by atoms with van der Waals surface area (Å²) in [6, 6.07) is 1.27. The van der Waals surface area contributed by atoms with Crippen molar-refractivity contribution in [3.05, 3.63) is 0 Å². The van der Waals surface area contributed by atoms with E-state index in [2.05, 4.69) is 38.8 Å². The molecule has 2 N–H and O–H groups in total. The lowest BCUT2D eigenvalue weighted by molar-refractivity contribution is -0.849. The Morgan fingerprint density at radius 2 is 1.00 bits per heavy atom. The SMILES string of the molecule is C[N+](C)(C)C.S=C(NC1CCCCC1)NC1CCCCC1. The van der Waals surface area contributed by atoms with Gasteiger partial charge in [-0.1, -0.05) is 38.5 Å². The smallest absolute Gasteiger partial charge is 0.166 e. The molecule has 3 nitrogen and oxygen atoms in total. The van der Waals surface area contributed by atoms with E-state index in [9.17, 15) is 0 Å². The Morgan fingerprint density at radius 1 is 0.714 bits per heavy atom. The van der Waals surface area contributed by atoms with Crippen LogP contribution >= 0.6 is 12.2 Å². The molecule has 2 rings (SSSR count). The van der Waals surface area contributed by atoms with Crippen LogP contribution in [0.15, 0.2) is 0 Å². The number of hydrogen-bond donors (Lipinski definition) is 2. The predicted molar refractivity (Wildman–Crippen MR) is 96.6 cm³/mol. The molecule has 2 fully saturated rings. The highest BCUT2D eigenvalue weighted by atomic mass is 32.1. The molecule has 0 bridgehead atoms. The lowest BCUT2D eigenvalue weighted by Gasteiger charge is -2.28. The van der Waals surface area contributed by atoms with Crippen LogP contribution in [0.1, 0.15) is 64.2 Å². The van der Waals surface area contributed by atoms with Gasteiger partial charge < -0.3 is 15.1 Å². The molecule has 21 heavy (non-hydrogen) atoms. The summed E-state index contributed by atoms with van der Waals surface area (Å²) in [7, 11) is 8.50. The second kappa shape index (κ2) is 9.62. The van der Waals surface area contributed by atoms with Crippen molar-refractivity contribution in [3.8, 4) is 0 Å². The monoisotopic (exact) mass is 314 g/mol. The molecular weight excluding hydrogens is 278 g/mol. The number of hydrogen-bond acceptors (Lipinski definition) is 1. The lowest BCUT2D eigenvalue weighted by Crippen LogP contribution is -2.47. The molecule has 0 unspecified atom stereocenters. The minimum Gasteiger partial charge on any atom is -0.360 e. The lowest BCUT2D eigenvalue weighted by atomic mass is 9.95. The Labute approximate surface area is 137 Å². The molecule has 0 aliphatic heterocycles. The quantitative estimate of drug-likeness (QED) is 0.603. The van der Waals surface area contributed by atoms with Crippen molar-refractivity contribution < 1.29 is 4.48 Å². The third-order valence-electron chi connectivity index (χ3n) is 3.88. The molecule has 0 spiro atoms. The van der Waals surface area contributed by atoms with Gasteiger partial charge in [0.05, 0.1) is 28.2 Å². The van der Waals surface area contributed by atoms with Gasteiger partial charge in [0.15, 0.2) is 5.11 Å². The van der Waals surface area contributed by atoms with Crippen LogP contribution in [0.3, 0.4) is 0 Å². The van der Waals surface area contributed by atoms with E-state index in [0.717, 1.165) is 9.60 Å². The van der Waals surface area contributed by atoms with Crippen LogP contribution in [0.5, 0.6) is 0 Å². The van der Waals surface area contributed by atoms with Crippen molar-refractivity contribution in [1.82, 2.24) is 10.6 Å². The highest BCUT2D eigenvalue weighted by Crippen LogP contribution is 2.19. The molecule has 0 radical (unpaired) electrons. The molecule has 0 saturated heterocycles. The van der Waals surface area contributed by atoms with E-state index in [1.165, 1.54) is 64.2 Å². The molecule has 0 atom stereocenters. The van der Waals surface area contributed by atoms with Gasteiger partial charge in [-0.15, -0.1) is 0 Å². The van der Waals surface area contributed by atoms with Crippen LogP contribution in [-0.2, 0) is 0 Å². The summed E-state index contributed by atoms with van der Waals surface area (Å²) in [6.07, 6.45) is 13.5. The number of thiocarbonyl (C=S) groups is 1. The van der Waals surface area contributed by atoms with Crippen LogP contribution < -0.4 is 10.6 Å². The largest absolute Gasteiger partial charge is 0.360 e. The number of rotatable bonds is 2. The highest BCUT2D eigenvalue weighted by Gasteiger charge is 2.17. The average molecular weight is 315 g/mol. The maximum absolute atomic E-state index is 5.39. The average Bonchev–Trinajstić information content (AvgIpc) is 2.39. The van der Waals surface area contributed by atoms with Crippen LogP contribution in [0.4, 0.5) is 0 Å². The Bertz CT molecular complexity index is 259. The Balaban J connectivity index is 0.000000383. The van der Waals surface area contributed by atoms with E-state index in [-0.39, 0.29) is 0 Å². The second-order valence-corrected chi connectivity index (χ2v) is 8.38. The maximum Gasteiger partial charge on any atom is 0.166 e. The van der Waals surface area contributed by atoms with E-state index < -0.39 is 0 Å². The first-order chi connectivity index (χ1) is 9.84. The van der Waals surface area contributed by atoms with Crippen LogP contribution in [0, 0.1) is 0 Å². The van der Waals surface area contributed by atoms with Crippen molar-refractivity contribution in [1.29, 1.82) is 0 Å². The zero-order valence-corrected chi connectivity index (χ0v) is 15.4. The predicted octanol–water partition coefficient (Wildman–Crippen LogP) is 3.44. The summed E-state index contributed by atoms with van der Waals surface area (Å²) in [5.74, 6) is 0. The van der Waals surface area contributed by atoms with Crippen molar-refractivity contribution in [2.24, 2.45) is 0 Å². The van der Waals surface area contributed by atoms with E-state index in [0.29, 0.717) is 12.1 Å². The van der Waals surface area contributed by atoms with E-state index >= 15 is 0 Å². The second-order valence-electron chi connectivity index (χ2n) is 7.97. The molecular formula is C17H36N3S+. The first kappa shape index (κ1) is 18.7. The fourth-order valence-corrected chi connectivity index (χ4v) is 3.24. The third-order valence-corrected chi connectivity index (χ3v) is 4.12. The molecule has 0 heterocycles. The molecule has 0 amide bonds. The van der Waals surface area contributed by atoms with Crippen molar-refractivity contribution in [3.63, 3.8) is 0 Å². The number of nitrogens with zero attached hydrogens (tertiary/aromatic N) is 1. The third kappa shape index (κ3) is 10.9. The molecule has 124 valence electrons. The molecule has 0 aromatic rings. The van der Waals surface area contributed by atoms with Crippen LogP contribution in [0.2, 0.25) is 0 Å². The van der Waals surface area contributed by atoms with Gasteiger partial charge in [0.25, 0.3) is 0 Å². The zero-order valence-electron chi connectivity index (χ0n) is 14.6. The van der Waals surface area contributed by atoms with Crippen molar-refractivity contribution >= 4 is 17.3 Å². The number of quaternary nitrogens is 1. The minimum atomic E-state index is 0.636. The molecule has 2 aliphatic carbocycles. The maximum atomic E-state index is 5.39. The molecule has 2 saturated carbocycles. The fraction of sp³-hybridized carbons (Fsp3) is 0.941. The number of nitrogens with one attached hydrogen (secondary N) is 2. The summed E-state index contributed by atoms with van der Waals surface area (Å²) in [5.41, 5.74) is 0. The fourth-order valence-electron chi connectivity index (χ4n) is 2.91. The van der Waals surface area contributed by atoms with Crippen molar-refractivity contribution in [2.45, 2.75) is 76.3 Å². The van der Waals surface area contributed by atoms with Gasteiger partial charge in [-0.2, -0.15) is 0 Å². The summed E-state index contributed by atoms with van der Waals surface area (Å²) < 4.78 is 1.00. The summed E-state index contributed by atoms with van der Waals surface area (Å²) in [6.45, 7) is 0. The van der Waals surface area contributed by atoms with Crippen LogP contribution in [-0.4, -0.2) is 49.9 Å². The van der Waals surface area contributed by atoms with Gasteiger partial charge in [-0.3, -0.25) is 0 Å². The Kier molecular flexibility index (Phi) is 8.57.